The first-order valence-corrected chi connectivity index (χ1v) is 8.37. The minimum atomic E-state index is -0.414. The Bertz CT molecular complexity index is 677. The van der Waals surface area contributed by atoms with E-state index in [9.17, 15) is 14.9 Å². The number of nitro benzene ring substituents is 1. The van der Waals surface area contributed by atoms with Crippen molar-refractivity contribution in [3.05, 3.63) is 75.8 Å². The lowest BCUT2D eigenvalue weighted by Crippen LogP contribution is -2.28. The van der Waals surface area contributed by atoms with Crippen LogP contribution in [0.4, 0.5) is 5.69 Å². The third kappa shape index (κ3) is 5.41. The van der Waals surface area contributed by atoms with Gasteiger partial charge in [0.1, 0.15) is 0 Å². The van der Waals surface area contributed by atoms with Crippen LogP contribution in [0.1, 0.15) is 24.1 Å². The summed E-state index contributed by atoms with van der Waals surface area (Å²) in [6.45, 7) is 1.94. The topological polar surface area (TPSA) is 72.2 Å². The van der Waals surface area contributed by atoms with Crippen molar-refractivity contribution >= 4 is 23.4 Å². The Morgan fingerprint density at radius 1 is 1.22 bits per heavy atom. The van der Waals surface area contributed by atoms with Crippen molar-refractivity contribution in [3.8, 4) is 0 Å². The van der Waals surface area contributed by atoms with Crippen molar-refractivity contribution in [3.63, 3.8) is 0 Å². The molecule has 0 aliphatic carbocycles. The molecule has 120 valence electrons. The second-order valence-corrected chi connectivity index (χ2v) is 6.11. The van der Waals surface area contributed by atoms with E-state index in [1.54, 1.807) is 6.07 Å². The average molecular weight is 330 g/mol. The molecule has 0 aliphatic rings. The number of carbonyl (C=O) groups excluding carboxylic acids is 1. The summed E-state index contributed by atoms with van der Waals surface area (Å²) in [5, 5.41) is 13.7. The summed E-state index contributed by atoms with van der Waals surface area (Å²) in [6, 6.07) is 16.2. The van der Waals surface area contributed by atoms with Gasteiger partial charge in [0.05, 0.1) is 16.7 Å². The molecule has 0 aliphatic heterocycles. The first kappa shape index (κ1) is 17.0. The third-order valence-electron chi connectivity index (χ3n) is 3.30. The highest BCUT2D eigenvalue weighted by Gasteiger charge is 2.10. The number of rotatable bonds is 7. The van der Waals surface area contributed by atoms with Gasteiger partial charge in [0, 0.05) is 17.9 Å². The number of nitrogens with one attached hydrogen (secondary N) is 1. The highest BCUT2D eigenvalue weighted by Crippen LogP contribution is 2.18. The summed E-state index contributed by atoms with van der Waals surface area (Å²) in [4.78, 5) is 22.3. The predicted molar refractivity (Wildman–Crippen MR) is 92.3 cm³/mol. The van der Waals surface area contributed by atoms with Gasteiger partial charge in [-0.2, -0.15) is 0 Å². The van der Waals surface area contributed by atoms with Gasteiger partial charge in [0.15, 0.2) is 0 Å². The Morgan fingerprint density at radius 2 is 1.96 bits per heavy atom. The molecule has 0 bridgehead atoms. The highest BCUT2D eigenvalue weighted by molar-refractivity contribution is 7.99. The monoisotopic (exact) mass is 330 g/mol. The van der Waals surface area contributed by atoms with Gasteiger partial charge in [0.2, 0.25) is 5.91 Å². The van der Waals surface area contributed by atoms with Crippen LogP contribution in [0.3, 0.4) is 0 Å². The number of carbonyl (C=O) groups is 1. The molecular formula is C17H18N2O3S. The lowest BCUT2D eigenvalue weighted by Gasteiger charge is -2.14. The van der Waals surface area contributed by atoms with E-state index in [1.165, 1.54) is 23.9 Å². The molecule has 1 atom stereocenters. The summed E-state index contributed by atoms with van der Waals surface area (Å²) in [5.41, 5.74) is 1.97. The van der Waals surface area contributed by atoms with Crippen LogP contribution in [0.25, 0.3) is 0 Å². The number of amides is 1. The molecule has 0 spiro atoms. The summed E-state index contributed by atoms with van der Waals surface area (Å²) >= 11 is 1.44. The van der Waals surface area contributed by atoms with Gasteiger partial charge in [-0.3, -0.25) is 14.9 Å². The number of hydrogen-bond donors (Lipinski definition) is 1. The molecule has 6 heteroatoms. The molecule has 2 aromatic rings. The fourth-order valence-electron chi connectivity index (χ4n) is 2.13. The molecule has 0 unspecified atom stereocenters. The first-order valence-electron chi connectivity index (χ1n) is 7.21. The maximum absolute atomic E-state index is 12.0. The van der Waals surface area contributed by atoms with Crippen molar-refractivity contribution in [1.29, 1.82) is 0 Å². The number of hydrogen-bond acceptors (Lipinski definition) is 4. The van der Waals surface area contributed by atoms with Crippen LogP contribution < -0.4 is 5.32 Å². The summed E-state index contributed by atoms with van der Waals surface area (Å²) in [6.07, 6.45) is 0. The molecule has 2 aromatic carbocycles. The van der Waals surface area contributed by atoms with Crippen molar-refractivity contribution in [2.45, 2.75) is 18.7 Å². The Labute approximate surface area is 139 Å². The van der Waals surface area contributed by atoms with E-state index in [-0.39, 0.29) is 17.6 Å². The zero-order chi connectivity index (χ0) is 16.7. The third-order valence-corrected chi connectivity index (χ3v) is 4.30. The van der Waals surface area contributed by atoms with Crippen LogP contribution in [0.5, 0.6) is 0 Å². The lowest BCUT2D eigenvalue weighted by molar-refractivity contribution is -0.384. The molecule has 0 saturated carbocycles. The van der Waals surface area contributed by atoms with Gasteiger partial charge >= 0.3 is 0 Å². The zero-order valence-corrected chi connectivity index (χ0v) is 13.6. The minimum Gasteiger partial charge on any atom is -0.349 e. The molecule has 0 aromatic heterocycles. The van der Waals surface area contributed by atoms with Crippen molar-refractivity contribution in [1.82, 2.24) is 5.32 Å². The van der Waals surface area contributed by atoms with Gasteiger partial charge in [-0.25, -0.2) is 0 Å². The minimum absolute atomic E-state index is 0.0397. The van der Waals surface area contributed by atoms with Gasteiger partial charge in [0.25, 0.3) is 5.69 Å². The van der Waals surface area contributed by atoms with Crippen molar-refractivity contribution in [2.24, 2.45) is 0 Å². The molecular weight excluding hydrogens is 312 g/mol. The molecule has 0 fully saturated rings. The van der Waals surface area contributed by atoms with E-state index in [2.05, 4.69) is 5.32 Å². The summed E-state index contributed by atoms with van der Waals surface area (Å²) in [5.74, 6) is 0.839. The SMILES string of the molecule is C[C@H](NC(=O)CSCc1cccc([N+](=O)[O-])c1)c1ccccc1. The van der Waals surface area contributed by atoms with Crippen LogP contribution >= 0.6 is 11.8 Å². The largest absolute Gasteiger partial charge is 0.349 e. The van der Waals surface area contributed by atoms with E-state index in [1.807, 2.05) is 43.3 Å². The smallest absolute Gasteiger partial charge is 0.269 e. The fourth-order valence-corrected chi connectivity index (χ4v) is 2.92. The van der Waals surface area contributed by atoms with Gasteiger partial charge in [-0.1, -0.05) is 42.5 Å². The molecule has 0 radical (unpaired) electrons. The van der Waals surface area contributed by atoms with Crippen molar-refractivity contribution < 1.29 is 9.72 Å². The Hall–Kier alpha value is -2.34. The lowest BCUT2D eigenvalue weighted by atomic mass is 10.1. The zero-order valence-electron chi connectivity index (χ0n) is 12.8. The maximum Gasteiger partial charge on any atom is 0.269 e. The summed E-state index contributed by atoms with van der Waals surface area (Å²) in [7, 11) is 0. The number of benzene rings is 2. The average Bonchev–Trinajstić information content (AvgIpc) is 2.56. The van der Waals surface area contributed by atoms with Crippen LogP contribution in [0.15, 0.2) is 54.6 Å². The predicted octanol–water partition coefficient (Wildman–Crippen LogP) is 3.71. The van der Waals surface area contributed by atoms with Crippen LogP contribution in [-0.2, 0) is 10.5 Å². The van der Waals surface area contributed by atoms with Gasteiger partial charge in [-0.05, 0) is 18.1 Å². The molecule has 1 N–H and O–H groups in total. The number of nitro groups is 1. The van der Waals surface area contributed by atoms with E-state index < -0.39 is 4.92 Å². The first-order chi connectivity index (χ1) is 11.1. The second kappa shape index (κ2) is 8.33. The standard InChI is InChI=1S/C17H18N2O3S/c1-13(15-7-3-2-4-8-15)18-17(20)12-23-11-14-6-5-9-16(10-14)19(21)22/h2-10,13H,11-12H2,1H3,(H,18,20)/t13-/m0/s1. The molecule has 2 rings (SSSR count). The summed E-state index contributed by atoms with van der Waals surface area (Å²) < 4.78 is 0. The van der Waals surface area contributed by atoms with Gasteiger partial charge in [-0.15, -0.1) is 11.8 Å². The Kier molecular flexibility index (Phi) is 6.17. The van der Waals surface area contributed by atoms with Gasteiger partial charge < -0.3 is 5.32 Å². The molecule has 1 amide bonds. The number of non-ortho nitro benzene ring substituents is 1. The van der Waals surface area contributed by atoms with Crippen molar-refractivity contribution in [2.75, 3.05) is 5.75 Å². The molecule has 0 heterocycles. The molecule has 0 saturated heterocycles. The quantitative estimate of drug-likeness (QED) is 0.620. The van der Waals surface area contributed by atoms with Crippen LogP contribution in [-0.4, -0.2) is 16.6 Å². The van der Waals surface area contributed by atoms with Crippen LogP contribution in [0, 0.1) is 10.1 Å². The molecule has 5 nitrogen and oxygen atoms in total. The highest BCUT2D eigenvalue weighted by atomic mass is 32.2. The van der Waals surface area contributed by atoms with E-state index in [0.29, 0.717) is 11.5 Å². The Balaban J connectivity index is 1.79. The number of nitrogens with zero attached hydrogens (tertiary/aromatic N) is 1. The second-order valence-electron chi connectivity index (χ2n) is 5.12. The van der Waals surface area contributed by atoms with E-state index >= 15 is 0 Å². The van der Waals surface area contributed by atoms with E-state index in [4.69, 9.17) is 0 Å². The molecule has 23 heavy (non-hydrogen) atoms. The normalized spacial score (nSPS) is 11.7. The van der Waals surface area contributed by atoms with E-state index in [0.717, 1.165) is 11.1 Å². The van der Waals surface area contributed by atoms with Crippen LogP contribution in [0.2, 0.25) is 0 Å². The Morgan fingerprint density at radius 3 is 2.65 bits per heavy atom. The number of thioether (sulfide) groups is 1. The fraction of sp³-hybridized carbons (Fsp3) is 0.235. The maximum atomic E-state index is 12.0.